The molecule has 0 aromatic heterocycles. The fourth-order valence-corrected chi connectivity index (χ4v) is 2.87. The van der Waals surface area contributed by atoms with Crippen molar-refractivity contribution in [2.75, 3.05) is 24.5 Å². The van der Waals surface area contributed by atoms with E-state index in [1.807, 2.05) is 0 Å². The Morgan fingerprint density at radius 3 is 2.55 bits per heavy atom. The van der Waals surface area contributed by atoms with Crippen LogP contribution in [-0.4, -0.2) is 32.1 Å². The molecule has 1 N–H and O–H groups in total. The van der Waals surface area contributed by atoms with Crippen molar-refractivity contribution in [3.8, 4) is 0 Å². The summed E-state index contributed by atoms with van der Waals surface area (Å²) in [7, 11) is 0. The first kappa shape index (κ1) is 15.2. The van der Waals surface area contributed by atoms with Crippen LogP contribution in [0.25, 0.3) is 0 Å². The lowest BCUT2D eigenvalue weighted by Gasteiger charge is -2.39. The Morgan fingerprint density at radius 1 is 1.25 bits per heavy atom. The van der Waals surface area contributed by atoms with Crippen LogP contribution in [0.2, 0.25) is 0 Å². The highest BCUT2D eigenvalue weighted by atomic mass is 19.3. The molecule has 0 bridgehead atoms. The Balaban J connectivity index is 2.02. The third-order valence-electron chi connectivity index (χ3n) is 4.07. The van der Waals surface area contributed by atoms with Gasteiger partial charge in [-0.1, -0.05) is 31.0 Å². The molecule has 1 aromatic rings. The van der Waals surface area contributed by atoms with Gasteiger partial charge >= 0.3 is 0 Å². The number of anilines is 1. The van der Waals surface area contributed by atoms with Gasteiger partial charge in [-0.25, -0.2) is 8.78 Å². The fraction of sp³-hybridized carbons (Fsp3) is 0.625. The maximum Gasteiger partial charge on any atom is 0.250 e. The van der Waals surface area contributed by atoms with E-state index in [0.717, 1.165) is 25.9 Å². The van der Waals surface area contributed by atoms with E-state index in [4.69, 9.17) is 0 Å². The van der Waals surface area contributed by atoms with Crippen LogP contribution in [0.5, 0.6) is 0 Å². The predicted molar refractivity (Wildman–Crippen MR) is 79.6 cm³/mol. The fourth-order valence-electron chi connectivity index (χ4n) is 2.87. The van der Waals surface area contributed by atoms with Gasteiger partial charge in [0.25, 0.3) is 6.43 Å². The van der Waals surface area contributed by atoms with Crippen LogP contribution in [0.15, 0.2) is 24.3 Å². The average Bonchev–Trinajstić information content (AvgIpc) is 2.45. The summed E-state index contributed by atoms with van der Waals surface area (Å²) in [5.41, 5.74) is 2.43. The minimum Gasteiger partial charge on any atom is -0.370 e. The van der Waals surface area contributed by atoms with Crippen molar-refractivity contribution in [2.45, 2.75) is 39.2 Å². The lowest BCUT2D eigenvalue weighted by molar-refractivity contribution is 0.137. The van der Waals surface area contributed by atoms with Gasteiger partial charge in [-0.2, -0.15) is 0 Å². The summed E-state index contributed by atoms with van der Waals surface area (Å²) in [5, 5.41) is 3.00. The number of nitrogens with one attached hydrogen (secondary N) is 1. The molecule has 2 unspecified atom stereocenters. The Hall–Kier alpha value is -1.16. The number of benzene rings is 1. The zero-order chi connectivity index (χ0) is 14.5. The number of nitrogens with zero attached hydrogens (tertiary/aromatic N) is 1. The first-order valence-electron chi connectivity index (χ1n) is 7.41. The molecule has 2 atom stereocenters. The van der Waals surface area contributed by atoms with Crippen molar-refractivity contribution in [1.29, 1.82) is 0 Å². The zero-order valence-corrected chi connectivity index (χ0v) is 12.3. The van der Waals surface area contributed by atoms with E-state index in [0.29, 0.717) is 5.92 Å². The molecule has 2 nitrogen and oxygen atoms in total. The molecule has 112 valence electrons. The summed E-state index contributed by atoms with van der Waals surface area (Å²) in [6.07, 6.45) is -0.189. The second kappa shape index (κ2) is 7.02. The topological polar surface area (TPSA) is 15.3 Å². The highest BCUT2D eigenvalue weighted by Gasteiger charge is 2.26. The van der Waals surface area contributed by atoms with Crippen molar-refractivity contribution in [2.24, 2.45) is 5.92 Å². The lowest BCUT2D eigenvalue weighted by atomic mass is 9.91. The molecule has 1 saturated heterocycles. The lowest BCUT2D eigenvalue weighted by Crippen LogP contribution is -2.50. The Labute approximate surface area is 120 Å². The minimum absolute atomic E-state index is 0.156. The van der Waals surface area contributed by atoms with Crippen LogP contribution < -0.4 is 10.2 Å². The van der Waals surface area contributed by atoms with Crippen molar-refractivity contribution < 1.29 is 8.78 Å². The Morgan fingerprint density at radius 2 is 1.95 bits per heavy atom. The summed E-state index contributed by atoms with van der Waals surface area (Å²) < 4.78 is 24.7. The van der Waals surface area contributed by atoms with Gasteiger partial charge in [0.15, 0.2) is 0 Å². The number of alkyl halides is 2. The standard InChI is InChI=1S/C16H24F2N2/c1-3-13-8-14(19-9-16(17)18)11-20(10-13)15-6-4-12(2)5-7-15/h4-7,13-14,16,19H,3,8-11H2,1-2H3. The van der Waals surface area contributed by atoms with Crippen LogP contribution >= 0.6 is 0 Å². The third kappa shape index (κ3) is 4.17. The second-order valence-corrected chi connectivity index (χ2v) is 5.75. The first-order chi connectivity index (χ1) is 9.58. The van der Waals surface area contributed by atoms with E-state index in [1.165, 1.54) is 11.3 Å². The summed E-state index contributed by atoms with van der Waals surface area (Å²) in [4.78, 5) is 2.32. The number of halogens is 2. The molecule has 0 aliphatic carbocycles. The highest BCUT2D eigenvalue weighted by Crippen LogP contribution is 2.25. The molecule has 0 amide bonds. The maximum absolute atomic E-state index is 12.4. The van der Waals surface area contributed by atoms with E-state index in [9.17, 15) is 8.78 Å². The van der Waals surface area contributed by atoms with Crippen LogP contribution in [0.4, 0.5) is 14.5 Å². The number of rotatable bonds is 5. The van der Waals surface area contributed by atoms with Gasteiger partial charge in [-0.15, -0.1) is 0 Å². The molecule has 1 heterocycles. The van der Waals surface area contributed by atoms with Gasteiger partial charge in [0.2, 0.25) is 0 Å². The zero-order valence-electron chi connectivity index (χ0n) is 12.3. The summed E-state index contributed by atoms with van der Waals surface area (Å²) >= 11 is 0. The van der Waals surface area contributed by atoms with E-state index >= 15 is 0 Å². The SMILES string of the molecule is CCC1CC(NCC(F)F)CN(c2ccc(C)cc2)C1. The summed E-state index contributed by atoms with van der Waals surface area (Å²) in [6.45, 7) is 5.87. The predicted octanol–water partition coefficient (Wildman–Crippen LogP) is 3.45. The van der Waals surface area contributed by atoms with E-state index in [1.54, 1.807) is 0 Å². The van der Waals surface area contributed by atoms with Crippen LogP contribution in [0, 0.1) is 12.8 Å². The minimum atomic E-state index is -2.27. The molecular weight excluding hydrogens is 258 g/mol. The smallest absolute Gasteiger partial charge is 0.250 e. The average molecular weight is 282 g/mol. The van der Waals surface area contributed by atoms with Crippen molar-refractivity contribution in [3.05, 3.63) is 29.8 Å². The van der Waals surface area contributed by atoms with Gasteiger partial charge in [0.05, 0.1) is 6.54 Å². The van der Waals surface area contributed by atoms with Crippen molar-refractivity contribution in [1.82, 2.24) is 5.32 Å². The molecule has 0 spiro atoms. The van der Waals surface area contributed by atoms with Gasteiger partial charge in [-0.3, -0.25) is 0 Å². The van der Waals surface area contributed by atoms with Crippen LogP contribution in [-0.2, 0) is 0 Å². The quantitative estimate of drug-likeness (QED) is 0.890. The molecular formula is C16H24F2N2. The first-order valence-corrected chi connectivity index (χ1v) is 7.41. The maximum atomic E-state index is 12.4. The molecule has 1 aliphatic rings. The number of piperidine rings is 1. The van der Waals surface area contributed by atoms with Crippen molar-refractivity contribution >= 4 is 5.69 Å². The Kier molecular flexibility index (Phi) is 5.35. The number of hydrogen-bond acceptors (Lipinski definition) is 2. The molecule has 1 aliphatic heterocycles. The normalized spacial score (nSPS) is 23.4. The van der Waals surface area contributed by atoms with E-state index in [2.05, 4.69) is 48.3 Å². The molecule has 4 heteroatoms. The highest BCUT2D eigenvalue weighted by molar-refractivity contribution is 5.48. The third-order valence-corrected chi connectivity index (χ3v) is 4.07. The molecule has 0 saturated carbocycles. The number of hydrogen-bond donors (Lipinski definition) is 1. The molecule has 1 aromatic carbocycles. The molecule has 0 radical (unpaired) electrons. The molecule has 1 fully saturated rings. The summed E-state index contributed by atoms with van der Waals surface area (Å²) in [6, 6.07) is 8.61. The van der Waals surface area contributed by atoms with E-state index < -0.39 is 6.43 Å². The van der Waals surface area contributed by atoms with Gasteiger partial charge in [0, 0.05) is 24.8 Å². The molecule has 20 heavy (non-hydrogen) atoms. The second-order valence-electron chi connectivity index (χ2n) is 5.75. The summed E-state index contributed by atoms with van der Waals surface area (Å²) in [5.74, 6) is 0.570. The monoisotopic (exact) mass is 282 g/mol. The Bertz CT molecular complexity index is 405. The van der Waals surface area contributed by atoms with Gasteiger partial charge < -0.3 is 10.2 Å². The van der Waals surface area contributed by atoms with Crippen molar-refractivity contribution in [3.63, 3.8) is 0 Å². The van der Waals surface area contributed by atoms with Crippen LogP contribution in [0.1, 0.15) is 25.3 Å². The van der Waals surface area contributed by atoms with Crippen LogP contribution in [0.3, 0.4) is 0 Å². The van der Waals surface area contributed by atoms with Gasteiger partial charge in [0.1, 0.15) is 0 Å². The van der Waals surface area contributed by atoms with Gasteiger partial charge in [-0.05, 0) is 31.4 Å². The van der Waals surface area contributed by atoms with E-state index in [-0.39, 0.29) is 12.6 Å². The molecule has 2 rings (SSSR count). The largest absolute Gasteiger partial charge is 0.370 e. The number of aryl methyl sites for hydroxylation is 1.